The van der Waals surface area contributed by atoms with Crippen LogP contribution in [0.5, 0.6) is 0 Å². The number of rotatable bonds is 5. The zero-order valence-corrected chi connectivity index (χ0v) is 10.1. The van der Waals surface area contributed by atoms with Crippen molar-refractivity contribution >= 4 is 0 Å². The highest BCUT2D eigenvalue weighted by Gasteiger charge is 2.02. The average molecular weight is 230 g/mol. The Morgan fingerprint density at radius 2 is 2.00 bits per heavy atom. The molecule has 0 aliphatic heterocycles. The van der Waals surface area contributed by atoms with E-state index in [1.165, 1.54) is 11.1 Å². The van der Waals surface area contributed by atoms with Crippen molar-refractivity contribution in [1.82, 2.24) is 9.78 Å². The standard InChI is InChI=1S/C14H18N2O/c1-12(17)7-8-14-9-15-16(11-14)10-13-5-3-2-4-6-13/h2-6,9,11-12,17H,7-8,10H2,1H3. The molecule has 90 valence electrons. The molecule has 2 aromatic rings. The van der Waals surface area contributed by atoms with Crippen LogP contribution in [0.4, 0.5) is 0 Å². The van der Waals surface area contributed by atoms with Gasteiger partial charge in [-0.3, -0.25) is 4.68 Å². The Kier molecular flexibility index (Phi) is 3.94. The third kappa shape index (κ3) is 3.71. The lowest BCUT2D eigenvalue weighted by Gasteiger charge is -2.02. The first-order valence-electron chi connectivity index (χ1n) is 5.97. The summed E-state index contributed by atoms with van der Waals surface area (Å²) in [6.45, 7) is 2.61. The fraction of sp³-hybridized carbons (Fsp3) is 0.357. The number of nitrogens with zero attached hydrogens (tertiary/aromatic N) is 2. The van der Waals surface area contributed by atoms with E-state index >= 15 is 0 Å². The summed E-state index contributed by atoms with van der Waals surface area (Å²) in [6, 6.07) is 10.3. The SMILES string of the molecule is CC(O)CCc1cnn(Cc2ccccc2)c1. The molecule has 1 aromatic heterocycles. The van der Waals surface area contributed by atoms with Crippen LogP contribution in [0.25, 0.3) is 0 Å². The smallest absolute Gasteiger partial charge is 0.0659 e. The summed E-state index contributed by atoms with van der Waals surface area (Å²) in [5.41, 5.74) is 2.43. The molecule has 1 N–H and O–H groups in total. The minimum atomic E-state index is -0.243. The molecule has 0 saturated heterocycles. The van der Waals surface area contributed by atoms with E-state index in [0.29, 0.717) is 0 Å². The Balaban J connectivity index is 1.94. The molecule has 0 spiro atoms. The summed E-state index contributed by atoms with van der Waals surface area (Å²) in [7, 11) is 0. The first-order valence-corrected chi connectivity index (χ1v) is 5.97. The van der Waals surface area contributed by atoms with E-state index < -0.39 is 0 Å². The molecule has 0 aliphatic rings. The molecular weight excluding hydrogens is 212 g/mol. The van der Waals surface area contributed by atoms with Crippen LogP contribution in [-0.4, -0.2) is 21.0 Å². The van der Waals surface area contributed by atoms with Crippen LogP contribution in [0, 0.1) is 0 Å². The van der Waals surface area contributed by atoms with E-state index in [0.717, 1.165) is 19.4 Å². The Labute approximate surface area is 102 Å². The predicted octanol–water partition coefficient (Wildman–Crippen LogP) is 2.24. The van der Waals surface area contributed by atoms with E-state index in [4.69, 9.17) is 0 Å². The maximum atomic E-state index is 9.23. The van der Waals surface area contributed by atoms with Crippen molar-refractivity contribution in [2.24, 2.45) is 0 Å². The molecule has 0 bridgehead atoms. The van der Waals surface area contributed by atoms with Gasteiger partial charge in [0.2, 0.25) is 0 Å². The average Bonchev–Trinajstić information content (AvgIpc) is 2.75. The van der Waals surface area contributed by atoms with Gasteiger partial charge in [0.25, 0.3) is 0 Å². The topological polar surface area (TPSA) is 38.1 Å². The Morgan fingerprint density at radius 3 is 2.71 bits per heavy atom. The van der Waals surface area contributed by atoms with Crippen LogP contribution in [0.3, 0.4) is 0 Å². The summed E-state index contributed by atoms with van der Waals surface area (Å²) < 4.78 is 1.94. The Morgan fingerprint density at radius 1 is 1.24 bits per heavy atom. The number of hydrogen-bond donors (Lipinski definition) is 1. The van der Waals surface area contributed by atoms with Gasteiger partial charge in [0.1, 0.15) is 0 Å². The fourth-order valence-electron chi connectivity index (χ4n) is 1.77. The number of aryl methyl sites for hydroxylation is 1. The lowest BCUT2D eigenvalue weighted by Crippen LogP contribution is -2.01. The summed E-state index contributed by atoms with van der Waals surface area (Å²) in [4.78, 5) is 0. The molecule has 0 amide bonds. The second kappa shape index (κ2) is 5.64. The lowest BCUT2D eigenvalue weighted by molar-refractivity contribution is 0.185. The number of aliphatic hydroxyl groups is 1. The quantitative estimate of drug-likeness (QED) is 0.855. The largest absolute Gasteiger partial charge is 0.393 e. The van der Waals surface area contributed by atoms with Crippen molar-refractivity contribution in [3.05, 3.63) is 53.9 Å². The first kappa shape index (κ1) is 11.9. The second-order valence-electron chi connectivity index (χ2n) is 4.42. The van der Waals surface area contributed by atoms with E-state index in [1.807, 2.05) is 36.0 Å². The van der Waals surface area contributed by atoms with E-state index in [9.17, 15) is 5.11 Å². The molecular formula is C14H18N2O. The zero-order valence-electron chi connectivity index (χ0n) is 10.1. The zero-order chi connectivity index (χ0) is 12.1. The highest BCUT2D eigenvalue weighted by Crippen LogP contribution is 2.07. The molecule has 3 heteroatoms. The molecule has 0 fully saturated rings. The summed E-state index contributed by atoms with van der Waals surface area (Å²) in [5.74, 6) is 0. The van der Waals surface area contributed by atoms with Gasteiger partial charge in [0, 0.05) is 6.20 Å². The van der Waals surface area contributed by atoms with Gasteiger partial charge in [0.15, 0.2) is 0 Å². The Bertz CT molecular complexity index is 448. The van der Waals surface area contributed by atoms with Crippen LogP contribution in [-0.2, 0) is 13.0 Å². The molecule has 0 aliphatic carbocycles. The van der Waals surface area contributed by atoms with Gasteiger partial charge >= 0.3 is 0 Å². The fourth-order valence-corrected chi connectivity index (χ4v) is 1.77. The highest BCUT2D eigenvalue weighted by atomic mass is 16.3. The van der Waals surface area contributed by atoms with Gasteiger partial charge in [-0.1, -0.05) is 30.3 Å². The molecule has 1 unspecified atom stereocenters. The lowest BCUT2D eigenvalue weighted by atomic mass is 10.1. The van der Waals surface area contributed by atoms with Crippen molar-refractivity contribution in [3.63, 3.8) is 0 Å². The monoisotopic (exact) mass is 230 g/mol. The van der Waals surface area contributed by atoms with E-state index in [1.54, 1.807) is 0 Å². The highest BCUT2D eigenvalue weighted by molar-refractivity contribution is 5.15. The van der Waals surface area contributed by atoms with Crippen molar-refractivity contribution < 1.29 is 5.11 Å². The third-order valence-corrected chi connectivity index (χ3v) is 2.72. The normalized spacial score (nSPS) is 12.6. The first-order chi connectivity index (χ1) is 8.24. The minimum Gasteiger partial charge on any atom is -0.393 e. The van der Waals surface area contributed by atoms with Crippen molar-refractivity contribution in [2.75, 3.05) is 0 Å². The third-order valence-electron chi connectivity index (χ3n) is 2.72. The molecule has 1 aromatic carbocycles. The van der Waals surface area contributed by atoms with E-state index in [2.05, 4.69) is 23.4 Å². The second-order valence-corrected chi connectivity index (χ2v) is 4.42. The molecule has 1 atom stereocenters. The van der Waals surface area contributed by atoms with E-state index in [-0.39, 0.29) is 6.10 Å². The van der Waals surface area contributed by atoms with Crippen LogP contribution in [0.1, 0.15) is 24.5 Å². The number of hydrogen-bond acceptors (Lipinski definition) is 2. The molecule has 17 heavy (non-hydrogen) atoms. The molecule has 3 nitrogen and oxygen atoms in total. The molecule has 2 rings (SSSR count). The van der Waals surface area contributed by atoms with Gasteiger partial charge < -0.3 is 5.11 Å². The minimum absolute atomic E-state index is 0.243. The predicted molar refractivity (Wildman–Crippen MR) is 67.8 cm³/mol. The number of aromatic nitrogens is 2. The molecule has 0 saturated carbocycles. The summed E-state index contributed by atoms with van der Waals surface area (Å²) in [6.07, 6.45) is 5.36. The van der Waals surface area contributed by atoms with Gasteiger partial charge in [-0.05, 0) is 30.9 Å². The van der Waals surface area contributed by atoms with Crippen molar-refractivity contribution in [2.45, 2.75) is 32.4 Å². The van der Waals surface area contributed by atoms with Crippen LogP contribution < -0.4 is 0 Å². The maximum absolute atomic E-state index is 9.23. The van der Waals surface area contributed by atoms with Gasteiger partial charge in [0.05, 0.1) is 18.8 Å². The van der Waals surface area contributed by atoms with Gasteiger partial charge in [-0.2, -0.15) is 5.10 Å². The van der Waals surface area contributed by atoms with Gasteiger partial charge in [-0.15, -0.1) is 0 Å². The maximum Gasteiger partial charge on any atom is 0.0659 e. The number of aliphatic hydroxyl groups excluding tert-OH is 1. The molecule has 0 radical (unpaired) electrons. The van der Waals surface area contributed by atoms with Gasteiger partial charge in [-0.25, -0.2) is 0 Å². The number of benzene rings is 1. The van der Waals surface area contributed by atoms with Crippen LogP contribution in [0.2, 0.25) is 0 Å². The van der Waals surface area contributed by atoms with Crippen molar-refractivity contribution in [1.29, 1.82) is 0 Å². The Hall–Kier alpha value is -1.61. The van der Waals surface area contributed by atoms with Crippen molar-refractivity contribution in [3.8, 4) is 0 Å². The summed E-state index contributed by atoms with van der Waals surface area (Å²) >= 11 is 0. The van der Waals surface area contributed by atoms with Crippen LogP contribution >= 0.6 is 0 Å². The van der Waals surface area contributed by atoms with Crippen LogP contribution in [0.15, 0.2) is 42.7 Å². The summed E-state index contributed by atoms with van der Waals surface area (Å²) in [5, 5.41) is 13.6. The molecule has 1 heterocycles.